The molecule has 0 aliphatic carbocycles. The van der Waals surface area contributed by atoms with E-state index in [2.05, 4.69) is 16.0 Å². The van der Waals surface area contributed by atoms with Gasteiger partial charge in [0.1, 0.15) is 5.75 Å². The number of nitrogens with zero attached hydrogens (tertiary/aromatic N) is 2. The van der Waals surface area contributed by atoms with Gasteiger partial charge in [-0.2, -0.15) is 5.10 Å². The molecule has 28 heavy (non-hydrogen) atoms. The number of hydrogen-bond donors (Lipinski definition) is 2. The summed E-state index contributed by atoms with van der Waals surface area (Å²) in [7, 11) is 0. The highest BCUT2D eigenvalue weighted by Gasteiger charge is 2.16. The van der Waals surface area contributed by atoms with E-state index in [-0.39, 0.29) is 6.61 Å². The second kappa shape index (κ2) is 8.39. The Morgan fingerprint density at radius 3 is 2.46 bits per heavy atom. The van der Waals surface area contributed by atoms with Crippen LogP contribution >= 0.6 is 0 Å². The molecule has 7 heteroatoms. The maximum absolute atomic E-state index is 12.4. The molecule has 2 aromatic carbocycles. The van der Waals surface area contributed by atoms with Crippen LogP contribution in [-0.2, 0) is 4.79 Å². The third kappa shape index (κ3) is 4.56. The number of amides is 2. The van der Waals surface area contributed by atoms with Crippen molar-refractivity contribution in [3.8, 4) is 11.4 Å². The van der Waals surface area contributed by atoms with E-state index < -0.39 is 11.8 Å². The van der Waals surface area contributed by atoms with Crippen LogP contribution in [0.3, 0.4) is 0 Å². The van der Waals surface area contributed by atoms with Crippen molar-refractivity contribution in [3.63, 3.8) is 0 Å². The second-order valence-electron chi connectivity index (χ2n) is 6.50. The van der Waals surface area contributed by atoms with Gasteiger partial charge in [0.15, 0.2) is 6.61 Å². The van der Waals surface area contributed by atoms with Gasteiger partial charge in [-0.3, -0.25) is 20.4 Å². The summed E-state index contributed by atoms with van der Waals surface area (Å²) < 4.78 is 7.08. The zero-order valence-corrected chi connectivity index (χ0v) is 16.0. The maximum atomic E-state index is 12.4. The van der Waals surface area contributed by atoms with Crippen LogP contribution < -0.4 is 15.6 Å². The molecule has 0 fully saturated rings. The van der Waals surface area contributed by atoms with Crippen LogP contribution in [-0.4, -0.2) is 28.2 Å². The van der Waals surface area contributed by atoms with Crippen LogP contribution in [0.4, 0.5) is 0 Å². The molecule has 0 aliphatic heterocycles. The topological polar surface area (TPSA) is 85.3 Å². The summed E-state index contributed by atoms with van der Waals surface area (Å²) in [4.78, 5) is 24.3. The zero-order valence-electron chi connectivity index (χ0n) is 16.0. The number of aromatic nitrogens is 2. The molecule has 0 bridgehead atoms. The standard InChI is InChI=1S/C21H22N4O3/c1-14-7-9-17(10-8-14)25-16(3)19(12-22-25)21(27)24-23-20(26)13-28-18-6-4-5-15(2)11-18/h4-12H,13H2,1-3H3,(H,23,26)(H,24,27). The third-order valence-electron chi connectivity index (χ3n) is 4.21. The van der Waals surface area contributed by atoms with Gasteiger partial charge in [-0.05, 0) is 50.6 Å². The van der Waals surface area contributed by atoms with Crippen molar-refractivity contribution in [1.29, 1.82) is 0 Å². The van der Waals surface area contributed by atoms with Gasteiger partial charge in [-0.1, -0.05) is 29.8 Å². The summed E-state index contributed by atoms with van der Waals surface area (Å²) in [6, 6.07) is 15.2. The van der Waals surface area contributed by atoms with E-state index in [1.807, 2.05) is 56.3 Å². The second-order valence-corrected chi connectivity index (χ2v) is 6.50. The van der Waals surface area contributed by atoms with E-state index in [1.54, 1.807) is 17.7 Å². The van der Waals surface area contributed by atoms with Gasteiger partial charge in [0.2, 0.25) is 0 Å². The van der Waals surface area contributed by atoms with Crippen LogP contribution in [0, 0.1) is 20.8 Å². The van der Waals surface area contributed by atoms with Crippen molar-refractivity contribution >= 4 is 11.8 Å². The minimum Gasteiger partial charge on any atom is -0.484 e. The summed E-state index contributed by atoms with van der Waals surface area (Å²) >= 11 is 0. The first-order valence-corrected chi connectivity index (χ1v) is 8.84. The molecular weight excluding hydrogens is 356 g/mol. The molecule has 144 valence electrons. The van der Waals surface area contributed by atoms with Gasteiger partial charge >= 0.3 is 0 Å². The number of ether oxygens (including phenoxy) is 1. The first-order chi connectivity index (χ1) is 13.4. The smallest absolute Gasteiger partial charge is 0.276 e. The lowest BCUT2D eigenvalue weighted by atomic mass is 10.2. The maximum Gasteiger partial charge on any atom is 0.276 e. The molecule has 1 heterocycles. The highest BCUT2D eigenvalue weighted by molar-refractivity contribution is 5.96. The molecule has 7 nitrogen and oxygen atoms in total. The third-order valence-corrected chi connectivity index (χ3v) is 4.21. The number of nitrogens with one attached hydrogen (secondary N) is 2. The van der Waals surface area contributed by atoms with Crippen LogP contribution in [0.5, 0.6) is 5.75 Å². The number of hydrazine groups is 1. The van der Waals surface area contributed by atoms with Gasteiger partial charge in [0.25, 0.3) is 11.8 Å². The summed E-state index contributed by atoms with van der Waals surface area (Å²) in [5.74, 6) is -0.310. The highest BCUT2D eigenvalue weighted by atomic mass is 16.5. The Morgan fingerprint density at radius 2 is 1.75 bits per heavy atom. The predicted molar refractivity (Wildman–Crippen MR) is 105 cm³/mol. The van der Waals surface area contributed by atoms with Gasteiger partial charge in [-0.15, -0.1) is 0 Å². The van der Waals surface area contributed by atoms with Crippen LogP contribution in [0.2, 0.25) is 0 Å². The van der Waals surface area contributed by atoms with Crippen LogP contribution in [0.15, 0.2) is 54.7 Å². The Hall–Kier alpha value is -3.61. The Kier molecular flexibility index (Phi) is 5.74. The summed E-state index contributed by atoms with van der Waals surface area (Å²) in [6.45, 7) is 5.53. The van der Waals surface area contributed by atoms with E-state index in [4.69, 9.17) is 4.74 Å². The largest absolute Gasteiger partial charge is 0.484 e. The zero-order chi connectivity index (χ0) is 20.1. The van der Waals surface area contributed by atoms with Crippen molar-refractivity contribution in [2.45, 2.75) is 20.8 Å². The molecule has 1 aromatic heterocycles. The molecule has 2 N–H and O–H groups in total. The minimum atomic E-state index is -0.460. The molecule has 0 unspecified atom stereocenters. The van der Waals surface area contributed by atoms with Gasteiger partial charge in [-0.25, -0.2) is 4.68 Å². The van der Waals surface area contributed by atoms with E-state index in [0.29, 0.717) is 17.0 Å². The number of aryl methyl sites for hydroxylation is 2. The lowest BCUT2D eigenvalue weighted by molar-refractivity contribution is -0.123. The van der Waals surface area contributed by atoms with E-state index in [1.165, 1.54) is 6.20 Å². The number of carbonyl (C=O) groups is 2. The molecular formula is C21H22N4O3. The predicted octanol–water partition coefficient (Wildman–Crippen LogP) is 2.64. The quantitative estimate of drug-likeness (QED) is 0.669. The Balaban J connectivity index is 1.56. The molecule has 0 aliphatic rings. The number of rotatable bonds is 5. The van der Waals surface area contributed by atoms with Crippen LogP contribution in [0.25, 0.3) is 5.69 Å². The first-order valence-electron chi connectivity index (χ1n) is 8.84. The SMILES string of the molecule is Cc1ccc(-n2ncc(C(=O)NNC(=O)COc3cccc(C)c3)c2C)cc1. The Labute approximate surface area is 163 Å². The lowest BCUT2D eigenvalue weighted by Gasteiger charge is -2.09. The average Bonchev–Trinajstić information content (AvgIpc) is 3.06. The van der Waals surface area contributed by atoms with E-state index in [0.717, 1.165) is 16.8 Å². The number of carbonyl (C=O) groups excluding carboxylic acids is 2. The molecule has 2 amide bonds. The molecule has 0 saturated carbocycles. The summed E-state index contributed by atoms with van der Waals surface area (Å²) in [5.41, 5.74) is 8.82. The highest BCUT2D eigenvalue weighted by Crippen LogP contribution is 2.15. The van der Waals surface area contributed by atoms with Crippen molar-refractivity contribution in [1.82, 2.24) is 20.6 Å². The summed E-state index contributed by atoms with van der Waals surface area (Å²) in [6.07, 6.45) is 1.47. The monoisotopic (exact) mass is 378 g/mol. The van der Waals surface area contributed by atoms with Gasteiger partial charge in [0.05, 0.1) is 23.1 Å². The number of benzene rings is 2. The Bertz CT molecular complexity index is 993. The lowest BCUT2D eigenvalue weighted by Crippen LogP contribution is -2.44. The molecule has 0 saturated heterocycles. The van der Waals surface area contributed by atoms with Crippen molar-refractivity contribution in [2.24, 2.45) is 0 Å². The van der Waals surface area contributed by atoms with Gasteiger partial charge in [0, 0.05) is 0 Å². The fraction of sp³-hybridized carbons (Fsp3) is 0.190. The van der Waals surface area contributed by atoms with Crippen molar-refractivity contribution in [3.05, 3.63) is 77.1 Å². The van der Waals surface area contributed by atoms with E-state index in [9.17, 15) is 9.59 Å². The molecule has 0 atom stereocenters. The molecule has 3 rings (SSSR count). The van der Waals surface area contributed by atoms with Gasteiger partial charge < -0.3 is 4.74 Å². The molecule has 3 aromatic rings. The fourth-order valence-corrected chi connectivity index (χ4v) is 2.66. The summed E-state index contributed by atoms with van der Waals surface area (Å²) in [5, 5.41) is 4.27. The Morgan fingerprint density at radius 1 is 1.00 bits per heavy atom. The van der Waals surface area contributed by atoms with E-state index >= 15 is 0 Å². The van der Waals surface area contributed by atoms with Crippen molar-refractivity contribution in [2.75, 3.05) is 6.61 Å². The first kappa shape index (κ1) is 19.2. The molecule has 0 spiro atoms. The number of hydrogen-bond acceptors (Lipinski definition) is 4. The molecule has 0 radical (unpaired) electrons. The van der Waals surface area contributed by atoms with Crippen LogP contribution in [0.1, 0.15) is 27.2 Å². The van der Waals surface area contributed by atoms with Crippen molar-refractivity contribution < 1.29 is 14.3 Å². The minimum absolute atomic E-state index is 0.203. The fourth-order valence-electron chi connectivity index (χ4n) is 2.66. The normalized spacial score (nSPS) is 10.4. The average molecular weight is 378 g/mol.